The summed E-state index contributed by atoms with van der Waals surface area (Å²) in [7, 11) is 0. The number of halogens is 2. The van der Waals surface area contributed by atoms with E-state index in [1.54, 1.807) is 17.0 Å². The number of rotatable bonds is 12. The molecule has 0 spiro atoms. The van der Waals surface area contributed by atoms with Crippen LogP contribution in [0.25, 0.3) is 0 Å². The summed E-state index contributed by atoms with van der Waals surface area (Å²) in [5.41, 5.74) is 2.83. The Labute approximate surface area is 223 Å². The minimum atomic E-state index is -0.729. The molecule has 0 radical (unpaired) electrons. The number of benzene rings is 3. The number of hydrogen-bond donors (Lipinski definition) is 1. The fourth-order valence-electron chi connectivity index (χ4n) is 3.76. The molecule has 1 N–H and O–H groups in total. The Kier molecular flexibility index (Phi) is 10.6. The Morgan fingerprint density at radius 2 is 1.67 bits per heavy atom. The van der Waals surface area contributed by atoms with Gasteiger partial charge in [0.2, 0.25) is 5.91 Å². The molecule has 0 heterocycles. The summed E-state index contributed by atoms with van der Waals surface area (Å²) in [6, 6.07) is 21.7. The molecule has 0 saturated carbocycles. The molecule has 36 heavy (non-hydrogen) atoms. The number of ether oxygens (including phenoxy) is 1. The lowest BCUT2D eigenvalue weighted by atomic mass is 10.0. The monoisotopic (exact) mass is 526 g/mol. The molecule has 3 aromatic carbocycles. The van der Waals surface area contributed by atoms with Crippen LogP contribution in [0.2, 0.25) is 10.0 Å². The molecule has 1 unspecified atom stereocenters. The lowest BCUT2D eigenvalue weighted by molar-refractivity contribution is -0.142. The van der Waals surface area contributed by atoms with Gasteiger partial charge in [0.1, 0.15) is 11.8 Å². The van der Waals surface area contributed by atoms with Crippen molar-refractivity contribution in [2.45, 2.75) is 45.7 Å². The molecule has 0 aliphatic heterocycles. The van der Waals surface area contributed by atoms with Gasteiger partial charge in [-0.2, -0.15) is 0 Å². The zero-order valence-corrected chi connectivity index (χ0v) is 22.2. The molecule has 0 saturated heterocycles. The molecule has 5 nitrogen and oxygen atoms in total. The van der Waals surface area contributed by atoms with Gasteiger partial charge in [-0.05, 0) is 48.7 Å². The van der Waals surface area contributed by atoms with Crippen LogP contribution in [0.3, 0.4) is 0 Å². The Balaban J connectivity index is 1.89. The molecule has 0 fully saturated rings. The minimum Gasteiger partial charge on any atom is -0.484 e. The van der Waals surface area contributed by atoms with E-state index in [0.29, 0.717) is 28.8 Å². The maximum absolute atomic E-state index is 13.6. The van der Waals surface area contributed by atoms with Crippen LogP contribution in [0.4, 0.5) is 0 Å². The van der Waals surface area contributed by atoms with Crippen LogP contribution in [0.15, 0.2) is 72.8 Å². The first-order chi connectivity index (χ1) is 17.4. The number of aryl methyl sites for hydroxylation is 1. The van der Waals surface area contributed by atoms with Gasteiger partial charge in [0.25, 0.3) is 5.91 Å². The van der Waals surface area contributed by atoms with Gasteiger partial charge in [-0.1, -0.05) is 90.6 Å². The van der Waals surface area contributed by atoms with E-state index in [9.17, 15) is 9.59 Å². The zero-order chi connectivity index (χ0) is 25.9. The van der Waals surface area contributed by atoms with E-state index in [1.165, 1.54) is 0 Å². The fourth-order valence-corrected chi connectivity index (χ4v) is 4.08. The molecule has 1 atom stereocenters. The van der Waals surface area contributed by atoms with E-state index in [-0.39, 0.29) is 25.0 Å². The highest BCUT2D eigenvalue weighted by Crippen LogP contribution is 2.24. The summed E-state index contributed by atoms with van der Waals surface area (Å²) in [4.78, 5) is 28.5. The number of unbranched alkanes of at least 4 members (excludes halogenated alkanes) is 1. The van der Waals surface area contributed by atoms with E-state index < -0.39 is 6.04 Å². The van der Waals surface area contributed by atoms with Crippen molar-refractivity contribution < 1.29 is 14.3 Å². The lowest BCUT2D eigenvalue weighted by Gasteiger charge is -2.31. The normalized spacial score (nSPS) is 11.6. The molecule has 0 bridgehead atoms. The minimum absolute atomic E-state index is 0.186. The molecule has 190 valence electrons. The van der Waals surface area contributed by atoms with E-state index in [2.05, 4.69) is 12.2 Å². The number of nitrogens with one attached hydrogen (secondary N) is 1. The highest BCUT2D eigenvalue weighted by Gasteiger charge is 2.30. The second-order valence-corrected chi connectivity index (χ2v) is 9.54. The molecule has 0 aliphatic rings. The van der Waals surface area contributed by atoms with Crippen molar-refractivity contribution in [1.82, 2.24) is 10.2 Å². The third-order valence-electron chi connectivity index (χ3n) is 5.82. The topological polar surface area (TPSA) is 58.6 Å². The predicted octanol–water partition coefficient (Wildman–Crippen LogP) is 6.24. The average Bonchev–Trinajstić information content (AvgIpc) is 2.88. The van der Waals surface area contributed by atoms with Gasteiger partial charge in [0.05, 0.1) is 10.0 Å². The number of nitrogens with zero attached hydrogens (tertiary/aromatic N) is 1. The number of hydrogen-bond acceptors (Lipinski definition) is 3. The summed E-state index contributed by atoms with van der Waals surface area (Å²) >= 11 is 12.4. The first-order valence-corrected chi connectivity index (χ1v) is 12.9. The quantitative estimate of drug-likeness (QED) is 0.284. The Morgan fingerprint density at radius 3 is 2.33 bits per heavy atom. The molecule has 7 heteroatoms. The molecule has 0 aliphatic carbocycles. The third-order valence-corrected chi connectivity index (χ3v) is 6.56. The number of carbonyl (C=O) groups excluding carboxylic acids is 2. The van der Waals surface area contributed by atoms with Gasteiger partial charge in [-0.3, -0.25) is 9.59 Å². The van der Waals surface area contributed by atoms with Crippen LogP contribution in [-0.2, 0) is 22.6 Å². The van der Waals surface area contributed by atoms with E-state index in [4.69, 9.17) is 27.9 Å². The largest absolute Gasteiger partial charge is 0.484 e. The maximum Gasteiger partial charge on any atom is 0.261 e. The first kappa shape index (κ1) is 27.6. The highest BCUT2D eigenvalue weighted by molar-refractivity contribution is 6.42. The van der Waals surface area contributed by atoms with Gasteiger partial charge < -0.3 is 15.0 Å². The molecule has 2 amide bonds. The second-order valence-electron chi connectivity index (χ2n) is 8.72. The Hall–Kier alpha value is -3.02. The molecule has 0 aromatic heterocycles. The molecule has 3 rings (SSSR count). The van der Waals surface area contributed by atoms with Gasteiger partial charge in [-0.25, -0.2) is 0 Å². The van der Waals surface area contributed by atoms with Crippen molar-refractivity contribution in [2.75, 3.05) is 13.2 Å². The van der Waals surface area contributed by atoms with Crippen molar-refractivity contribution in [2.24, 2.45) is 0 Å². The van der Waals surface area contributed by atoms with E-state index in [1.807, 2.05) is 67.6 Å². The number of carbonyl (C=O) groups is 2. The average molecular weight is 527 g/mol. The SMILES string of the molecule is CCCCNC(=O)C(Cc1ccccc1)N(Cc1ccc(Cl)c(Cl)c1)C(=O)COc1ccc(C)cc1. The van der Waals surface area contributed by atoms with Gasteiger partial charge in [0.15, 0.2) is 6.61 Å². The lowest BCUT2D eigenvalue weighted by Crippen LogP contribution is -2.51. The third kappa shape index (κ3) is 8.28. The molecule has 3 aromatic rings. The summed E-state index contributed by atoms with van der Waals surface area (Å²) < 4.78 is 5.79. The van der Waals surface area contributed by atoms with Crippen molar-refractivity contribution in [3.8, 4) is 5.75 Å². The predicted molar refractivity (Wildman–Crippen MR) is 146 cm³/mol. The van der Waals surface area contributed by atoms with Crippen LogP contribution < -0.4 is 10.1 Å². The number of amides is 2. The standard InChI is InChI=1S/C29H32Cl2N2O3/c1-3-4-16-32-29(35)27(18-22-8-6-5-7-9-22)33(19-23-12-15-25(30)26(31)17-23)28(34)20-36-24-13-10-21(2)11-14-24/h5-15,17,27H,3-4,16,18-20H2,1-2H3,(H,32,35). The summed E-state index contributed by atoms with van der Waals surface area (Å²) in [6.45, 7) is 4.59. The second kappa shape index (κ2) is 13.9. The highest BCUT2D eigenvalue weighted by atomic mass is 35.5. The molecular formula is C29H32Cl2N2O3. The van der Waals surface area contributed by atoms with Crippen molar-refractivity contribution in [1.29, 1.82) is 0 Å². The van der Waals surface area contributed by atoms with Crippen LogP contribution in [-0.4, -0.2) is 35.9 Å². The fraction of sp³-hybridized carbons (Fsp3) is 0.310. The van der Waals surface area contributed by atoms with E-state index in [0.717, 1.165) is 29.5 Å². The Bertz CT molecular complexity index is 1140. The van der Waals surface area contributed by atoms with Crippen molar-refractivity contribution in [3.63, 3.8) is 0 Å². The first-order valence-electron chi connectivity index (χ1n) is 12.1. The molecular weight excluding hydrogens is 495 g/mol. The van der Waals surface area contributed by atoms with Gasteiger partial charge in [-0.15, -0.1) is 0 Å². The van der Waals surface area contributed by atoms with Crippen molar-refractivity contribution >= 4 is 35.0 Å². The summed E-state index contributed by atoms with van der Waals surface area (Å²) in [5, 5.41) is 3.83. The van der Waals surface area contributed by atoms with Gasteiger partial charge >= 0.3 is 0 Å². The summed E-state index contributed by atoms with van der Waals surface area (Å²) in [5.74, 6) is 0.0970. The van der Waals surface area contributed by atoms with Gasteiger partial charge in [0, 0.05) is 19.5 Å². The zero-order valence-electron chi connectivity index (χ0n) is 20.7. The summed E-state index contributed by atoms with van der Waals surface area (Å²) in [6.07, 6.45) is 2.19. The maximum atomic E-state index is 13.6. The van der Waals surface area contributed by atoms with Crippen molar-refractivity contribution in [3.05, 3.63) is 99.5 Å². The van der Waals surface area contributed by atoms with Crippen LogP contribution in [0, 0.1) is 6.92 Å². The Morgan fingerprint density at radius 1 is 0.944 bits per heavy atom. The van der Waals surface area contributed by atoms with Crippen LogP contribution >= 0.6 is 23.2 Å². The van der Waals surface area contributed by atoms with E-state index >= 15 is 0 Å². The van der Waals surface area contributed by atoms with Crippen LogP contribution in [0.5, 0.6) is 5.75 Å². The smallest absolute Gasteiger partial charge is 0.261 e. The van der Waals surface area contributed by atoms with Crippen LogP contribution in [0.1, 0.15) is 36.5 Å².